The van der Waals surface area contributed by atoms with Gasteiger partial charge in [-0.3, -0.25) is 4.79 Å². The Morgan fingerprint density at radius 3 is 2.95 bits per heavy atom. The van der Waals surface area contributed by atoms with Crippen molar-refractivity contribution in [2.24, 2.45) is 5.73 Å². The Balaban J connectivity index is 1.98. The molecule has 2 heterocycles. The predicted molar refractivity (Wildman–Crippen MR) is 68.8 cm³/mol. The van der Waals surface area contributed by atoms with Gasteiger partial charge in [-0.1, -0.05) is 0 Å². The highest BCUT2D eigenvalue weighted by molar-refractivity contribution is 6.03. The van der Waals surface area contributed by atoms with Gasteiger partial charge in [0, 0.05) is 13.1 Å². The first-order valence-electron chi connectivity index (χ1n) is 6.19. The number of benzene rings is 1. The first-order chi connectivity index (χ1) is 9.15. The van der Waals surface area contributed by atoms with Gasteiger partial charge in [0.1, 0.15) is 5.52 Å². The van der Waals surface area contributed by atoms with E-state index in [4.69, 9.17) is 10.2 Å². The maximum Gasteiger partial charge on any atom is 0.298 e. The molecule has 0 bridgehead atoms. The molecule has 0 saturated carbocycles. The lowest BCUT2D eigenvalue weighted by Crippen LogP contribution is -2.35. The molecule has 3 N–H and O–H groups in total. The summed E-state index contributed by atoms with van der Waals surface area (Å²) in [5.74, 6) is -0.570. The predicted octanol–water partition coefficient (Wildman–Crippen LogP) is 0.688. The summed E-state index contributed by atoms with van der Waals surface area (Å²) < 4.78 is 5.64. The molecule has 3 rings (SSSR count). The topological polar surface area (TPSA) is 92.6 Å². The molecule has 1 aliphatic heterocycles. The summed E-state index contributed by atoms with van der Waals surface area (Å²) in [6.45, 7) is 1.37. The van der Waals surface area contributed by atoms with Crippen LogP contribution >= 0.6 is 0 Å². The van der Waals surface area contributed by atoms with Crippen molar-refractivity contribution in [3.05, 3.63) is 23.8 Å². The highest BCUT2D eigenvalue weighted by Gasteiger charge is 2.22. The van der Waals surface area contributed by atoms with Crippen LogP contribution < -0.4 is 10.6 Å². The zero-order chi connectivity index (χ0) is 13.4. The van der Waals surface area contributed by atoms with Crippen molar-refractivity contribution >= 4 is 23.0 Å². The number of aromatic nitrogens is 1. The molecule has 0 aliphatic carbocycles. The average Bonchev–Trinajstić information content (AvgIpc) is 2.82. The van der Waals surface area contributed by atoms with Crippen LogP contribution in [0.25, 0.3) is 11.1 Å². The van der Waals surface area contributed by atoms with Crippen LogP contribution in [0.3, 0.4) is 0 Å². The number of hydrogen-bond donors (Lipinski definition) is 2. The van der Waals surface area contributed by atoms with Gasteiger partial charge in [0.2, 0.25) is 0 Å². The molecule has 6 nitrogen and oxygen atoms in total. The summed E-state index contributed by atoms with van der Waals surface area (Å²) in [6.07, 6.45) is 1.12. The third-order valence-electron chi connectivity index (χ3n) is 3.32. The summed E-state index contributed by atoms with van der Waals surface area (Å²) in [7, 11) is 0. The SMILES string of the molecule is NC(=O)c1[c]ccc2oc(N3CCC(O)CC3)nc12. The molecule has 1 aliphatic rings. The zero-order valence-corrected chi connectivity index (χ0v) is 10.3. The summed E-state index contributed by atoms with van der Waals surface area (Å²) in [5.41, 5.74) is 6.49. The molecule has 1 aromatic carbocycles. The first kappa shape index (κ1) is 12.0. The largest absolute Gasteiger partial charge is 0.423 e. The molecule has 2 aromatic rings. The van der Waals surface area contributed by atoms with Crippen molar-refractivity contribution < 1.29 is 14.3 Å². The van der Waals surface area contributed by atoms with E-state index in [1.165, 1.54) is 0 Å². The van der Waals surface area contributed by atoms with Gasteiger partial charge in [-0.2, -0.15) is 4.98 Å². The molecule has 1 radical (unpaired) electrons. The average molecular weight is 260 g/mol. The fourth-order valence-electron chi connectivity index (χ4n) is 2.26. The molecule has 0 atom stereocenters. The van der Waals surface area contributed by atoms with Crippen molar-refractivity contribution in [2.75, 3.05) is 18.0 Å². The van der Waals surface area contributed by atoms with E-state index in [1.54, 1.807) is 12.1 Å². The van der Waals surface area contributed by atoms with Crippen molar-refractivity contribution in [1.82, 2.24) is 4.98 Å². The van der Waals surface area contributed by atoms with Gasteiger partial charge in [-0.05, 0) is 31.0 Å². The maximum absolute atomic E-state index is 11.3. The normalized spacial score (nSPS) is 17.0. The van der Waals surface area contributed by atoms with Crippen LogP contribution in [0.15, 0.2) is 16.5 Å². The Morgan fingerprint density at radius 2 is 2.26 bits per heavy atom. The number of amides is 1. The lowest BCUT2D eigenvalue weighted by molar-refractivity contribution is 0.100. The number of aliphatic hydroxyl groups is 1. The highest BCUT2D eigenvalue weighted by atomic mass is 16.4. The molecule has 1 fully saturated rings. The monoisotopic (exact) mass is 260 g/mol. The van der Waals surface area contributed by atoms with Crippen molar-refractivity contribution in [1.29, 1.82) is 0 Å². The van der Waals surface area contributed by atoms with Gasteiger partial charge in [0.05, 0.1) is 11.7 Å². The number of fused-ring (bicyclic) bond motifs is 1. The van der Waals surface area contributed by atoms with E-state index in [9.17, 15) is 9.90 Å². The van der Waals surface area contributed by atoms with Crippen LogP contribution in [0.1, 0.15) is 23.2 Å². The minimum atomic E-state index is -0.570. The van der Waals surface area contributed by atoms with Crippen LogP contribution in [0.2, 0.25) is 0 Å². The van der Waals surface area contributed by atoms with Gasteiger partial charge < -0.3 is 20.2 Å². The highest BCUT2D eigenvalue weighted by Crippen LogP contribution is 2.26. The number of hydrogen-bond acceptors (Lipinski definition) is 5. The Bertz CT molecular complexity index is 615. The van der Waals surface area contributed by atoms with Gasteiger partial charge >= 0.3 is 0 Å². The fourth-order valence-corrected chi connectivity index (χ4v) is 2.26. The molecule has 1 saturated heterocycles. The van der Waals surface area contributed by atoms with E-state index in [1.807, 2.05) is 4.90 Å². The van der Waals surface area contributed by atoms with Crippen molar-refractivity contribution in [2.45, 2.75) is 18.9 Å². The quantitative estimate of drug-likeness (QED) is 0.828. The molecule has 1 amide bonds. The van der Waals surface area contributed by atoms with Crippen LogP contribution in [0.5, 0.6) is 0 Å². The number of oxazole rings is 1. The molecule has 99 valence electrons. The molecule has 19 heavy (non-hydrogen) atoms. The number of rotatable bonds is 2. The summed E-state index contributed by atoms with van der Waals surface area (Å²) in [4.78, 5) is 17.6. The molecule has 1 aromatic heterocycles. The minimum absolute atomic E-state index is 0.240. The lowest BCUT2D eigenvalue weighted by atomic mass is 10.1. The van der Waals surface area contributed by atoms with E-state index >= 15 is 0 Å². The smallest absolute Gasteiger partial charge is 0.298 e. The fraction of sp³-hybridized carbons (Fsp3) is 0.385. The lowest BCUT2D eigenvalue weighted by Gasteiger charge is -2.27. The Kier molecular flexibility index (Phi) is 2.87. The van der Waals surface area contributed by atoms with Gasteiger partial charge in [-0.15, -0.1) is 0 Å². The van der Waals surface area contributed by atoms with Gasteiger partial charge in [-0.25, -0.2) is 0 Å². The number of nitrogens with zero attached hydrogens (tertiary/aromatic N) is 2. The van der Waals surface area contributed by atoms with Crippen molar-refractivity contribution in [3.63, 3.8) is 0 Å². The number of aliphatic hydroxyl groups excluding tert-OH is 1. The zero-order valence-electron chi connectivity index (χ0n) is 10.3. The Labute approximate surface area is 109 Å². The summed E-state index contributed by atoms with van der Waals surface area (Å²) in [5, 5.41) is 9.49. The molecule has 0 unspecified atom stereocenters. The summed E-state index contributed by atoms with van der Waals surface area (Å²) in [6, 6.07) is 6.54. The molecular formula is C13H14N3O3. The number of nitrogens with two attached hydrogens (primary N) is 1. The number of carbonyl (C=O) groups is 1. The third kappa shape index (κ3) is 2.15. The van der Waals surface area contributed by atoms with E-state index in [-0.39, 0.29) is 11.7 Å². The first-order valence-corrected chi connectivity index (χ1v) is 6.19. The van der Waals surface area contributed by atoms with Gasteiger partial charge in [0.15, 0.2) is 5.58 Å². The van der Waals surface area contributed by atoms with Crippen molar-refractivity contribution in [3.8, 4) is 0 Å². The number of anilines is 1. The standard InChI is InChI=1S/C13H14N3O3/c14-12(18)9-2-1-3-10-11(9)15-13(19-10)16-6-4-8(17)5-7-16/h1,3,8,17H,4-7H2,(H2,14,18). The van der Waals surface area contributed by atoms with Gasteiger partial charge in [0.25, 0.3) is 11.9 Å². The Morgan fingerprint density at radius 1 is 1.53 bits per heavy atom. The van der Waals surface area contributed by atoms with E-state index < -0.39 is 5.91 Å². The molecule has 6 heteroatoms. The Hall–Kier alpha value is -2.08. The number of piperidine rings is 1. The van der Waals surface area contributed by atoms with E-state index in [0.29, 0.717) is 43.0 Å². The maximum atomic E-state index is 11.3. The number of primary amides is 1. The molecular weight excluding hydrogens is 246 g/mol. The van der Waals surface area contributed by atoms with E-state index in [0.717, 1.165) is 0 Å². The summed E-state index contributed by atoms with van der Waals surface area (Å²) >= 11 is 0. The minimum Gasteiger partial charge on any atom is -0.423 e. The van der Waals surface area contributed by atoms with Crippen LogP contribution in [-0.2, 0) is 0 Å². The second-order valence-electron chi connectivity index (χ2n) is 4.64. The van der Waals surface area contributed by atoms with E-state index in [2.05, 4.69) is 11.1 Å². The molecule has 0 spiro atoms. The second kappa shape index (κ2) is 4.55. The third-order valence-corrected chi connectivity index (χ3v) is 3.32. The van der Waals surface area contributed by atoms with Crippen LogP contribution in [0.4, 0.5) is 6.01 Å². The second-order valence-corrected chi connectivity index (χ2v) is 4.64. The van der Waals surface area contributed by atoms with Crippen LogP contribution in [-0.4, -0.2) is 35.2 Å². The number of carbonyl (C=O) groups excluding carboxylic acids is 1. The van der Waals surface area contributed by atoms with Crippen LogP contribution in [0, 0.1) is 6.07 Å².